The van der Waals surface area contributed by atoms with Gasteiger partial charge in [0.25, 0.3) is 0 Å². The van der Waals surface area contributed by atoms with Gasteiger partial charge in [-0.25, -0.2) is 4.79 Å². The van der Waals surface area contributed by atoms with Gasteiger partial charge in [-0.15, -0.1) is 0 Å². The molecular formula is C16H34N4O4. The molecule has 0 aliphatic rings. The minimum Gasteiger partial charge on any atom is -0.444 e. The van der Waals surface area contributed by atoms with Crippen LogP contribution in [0.2, 0.25) is 0 Å². The number of nitrogens with one attached hydrogen (secondary N) is 3. The van der Waals surface area contributed by atoms with Gasteiger partial charge in [-0.2, -0.15) is 0 Å². The van der Waals surface area contributed by atoms with Crippen molar-refractivity contribution in [2.24, 2.45) is 4.99 Å². The summed E-state index contributed by atoms with van der Waals surface area (Å²) in [5.74, 6) is 0.710. The van der Waals surface area contributed by atoms with E-state index in [1.807, 2.05) is 20.8 Å². The molecule has 8 nitrogen and oxygen atoms in total. The van der Waals surface area contributed by atoms with Gasteiger partial charge in [-0.3, -0.25) is 4.99 Å². The predicted molar refractivity (Wildman–Crippen MR) is 95.5 cm³/mol. The number of rotatable bonds is 11. The van der Waals surface area contributed by atoms with Crippen LogP contribution < -0.4 is 16.0 Å². The maximum atomic E-state index is 11.5. The van der Waals surface area contributed by atoms with Crippen LogP contribution in [-0.4, -0.2) is 71.3 Å². The van der Waals surface area contributed by atoms with Gasteiger partial charge < -0.3 is 30.2 Å². The first-order chi connectivity index (χ1) is 11.4. The number of alkyl carbamates (subject to hydrolysis) is 1. The van der Waals surface area contributed by atoms with Gasteiger partial charge >= 0.3 is 6.09 Å². The molecule has 0 rings (SSSR count). The second kappa shape index (κ2) is 13.9. The van der Waals surface area contributed by atoms with Crippen molar-refractivity contribution in [3.8, 4) is 0 Å². The Kier molecular flexibility index (Phi) is 13.0. The second-order valence-electron chi connectivity index (χ2n) is 6.17. The summed E-state index contributed by atoms with van der Waals surface area (Å²) in [6.45, 7) is 9.34. The molecule has 0 bridgehead atoms. The molecule has 24 heavy (non-hydrogen) atoms. The molecule has 0 heterocycles. The molecule has 0 aromatic heterocycles. The van der Waals surface area contributed by atoms with Gasteiger partial charge in [-0.1, -0.05) is 0 Å². The SMILES string of the molecule is CN=C(NCCCCOCCOC)NCCNC(=O)OC(C)(C)C. The lowest BCUT2D eigenvalue weighted by Crippen LogP contribution is -2.42. The third-order valence-corrected chi connectivity index (χ3v) is 2.75. The molecule has 0 aliphatic heterocycles. The number of carbonyl (C=O) groups excluding carboxylic acids is 1. The standard InChI is InChI=1S/C16H34N4O4/c1-16(2,3)24-15(21)20-10-9-19-14(17-4)18-8-6-7-11-23-13-12-22-5/h6-13H2,1-5H3,(H,20,21)(H2,17,18,19). The maximum absolute atomic E-state index is 11.5. The number of guanidine groups is 1. The van der Waals surface area contributed by atoms with E-state index in [0.29, 0.717) is 32.3 Å². The molecular weight excluding hydrogens is 312 g/mol. The largest absolute Gasteiger partial charge is 0.444 e. The van der Waals surface area contributed by atoms with Crippen molar-refractivity contribution in [1.29, 1.82) is 0 Å². The molecule has 0 spiro atoms. The summed E-state index contributed by atoms with van der Waals surface area (Å²) >= 11 is 0. The first kappa shape index (κ1) is 22.5. The zero-order chi connectivity index (χ0) is 18.3. The molecule has 142 valence electrons. The Hall–Kier alpha value is -1.54. The van der Waals surface area contributed by atoms with E-state index < -0.39 is 11.7 Å². The Balaban J connectivity index is 3.59. The van der Waals surface area contributed by atoms with Crippen molar-refractivity contribution in [2.75, 3.05) is 53.6 Å². The summed E-state index contributed by atoms with van der Waals surface area (Å²) in [4.78, 5) is 15.6. The van der Waals surface area contributed by atoms with Crippen molar-refractivity contribution in [1.82, 2.24) is 16.0 Å². The summed E-state index contributed by atoms with van der Waals surface area (Å²) in [5, 5.41) is 9.03. The van der Waals surface area contributed by atoms with Crippen molar-refractivity contribution >= 4 is 12.1 Å². The summed E-state index contributed by atoms with van der Waals surface area (Å²) in [5.41, 5.74) is -0.484. The van der Waals surface area contributed by atoms with Gasteiger partial charge in [0, 0.05) is 40.4 Å². The average molecular weight is 346 g/mol. The Labute approximate surface area is 145 Å². The quantitative estimate of drug-likeness (QED) is 0.295. The van der Waals surface area contributed by atoms with E-state index in [2.05, 4.69) is 20.9 Å². The smallest absolute Gasteiger partial charge is 0.407 e. The molecule has 8 heteroatoms. The number of methoxy groups -OCH3 is 1. The number of amides is 1. The molecule has 3 N–H and O–H groups in total. The van der Waals surface area contributed by atoms with Crippen molar-refractivity contribution in [3.63, 3.8) is 0 Å². The summed E-state index contributed by atoms with van der Waals surface area (Å²) in [7, 11) is 3.37. The van der Waals surface area contributed by atoms with Crippen LogP contribution in [0.1, 0.15) is 33.6 Å². The Morgan fingerprint density at radius 1 is 0.958 bits per heavy atom. The number of hydrogen-bond acceptors (Lipinski definition) is 5. The Bertz CT molecular complexity index is 356. The second-order valence-corrected chi connectivity index (χ2v) is 6.17. The normalized spacial score (nSPS) is 12.0. The number of unbranched alkanes of at least 4 members (excludes halogenated alkanes) is 1. The van der Waals surface area contributed by atoms with E-state index >= 15 is 0 Å². The lowest BCUT2D eigenvalue weighted by Gasteiger charge is -2.19. The third kappa shape index (κ3) is 15.4. The highest BCUT2D eigenvalue weighted by atomic mass is 16.6. The van der Waals surface area contributed by atoms with Crippen LogP contribution in [0, 0.1) is 0 Å². The van der Waals surface area contributed by atoms with E-state index in [-0.39, 0.29) is 0 Å². The van der Waals surface area contributed by atoms with E-state index in [9.17, 15) is 4.79 Å². The molecule has 0 saturated heterocycles. The van der Waals surface area contributed by atoms with E-state index in [1.165, 1.54) is 0 Å². The van der Waals surface area contributed by atoms with Crippen LogP contribution in [0.5, 0.6) is 0 Å². The highest BCUT2D eigenvalue weighted by molar-refractivity contribution is 5.79. The van der Waals surface area contributed by atoms with Crippen molar-refractivity contribution in [3.05, 3.63) is 0 Å². The van der Waals surface area contributed by atoms with E-state index in [0.717, 1.165) is 26.0 Å². The van der Waals surface area contributed by atoms with Crippen LogP contribution in [0.15, 0.2) is 4.99 Å². The molecule has 1 amide bonds. The Morgan fingerprint density at radius 3 is 2.25 bits per heavy atom. The van der Waals surface area contributed by atoms with Gasteiger partial charge in [-0.05, 0) is 33.6 Å². The molecule has 0 unspecified atom stereocenters. The predicted octanol–water partition coefficient (Wildman–Crippen LogP) is 1.12. The molecule has 0 saturated carbocycles. The van der Waals surface area contributed by atoms with Gasteiger partial charge in [0.05, 0.1) is 13.2 Å². The first-order valence-electron chi connectivity index (χ1n) is 8.37. The van der Waals surface area contributed by atoms with Crippen LogP contribution in [0.3, 0.4) is 0 Å². The fraction of sp³-hybridized carbons (Fsp3) is 0.875. The fourth-order valence-corrected chi connectivity index (χ4v) is 1.66. The van der Waals surface area contributed by atoms with Gasteiger partial charge in [0.15, 0.2) is 5.96 Å². The Morgan fingerprint density at radius 2 is 1.62 bits per heavy atom. The minimum absolute atomic E-state index is 0.416. The van der Waals surface area contributed by atoms with Crippen LogP contribution in [-0.2, 0) is 14.2 Å². The summed E-state index contributed by atoms with van der Waals surface area (Å²) in [6, 6.07) is 0. The zero-order valence-corrected chi connectivity index (χ0v) is 15.7. The average Bonchev–Trinajstić information content (AvgIpc) is 2.50. The van der Waals surface area contributed by atoms with E-state index in [4.69, 9.17) is 14.2 Å². The van der Waals surface area contributed by atoms with E-state index in [1.54, 1.807) is 14.2 Å². The molecule has 0 aromatic rings. The molecule has 0 radical (unpaired) electrons. The van der Waals surface area contributed by atoms with Crippen LogP contribution in [0.4, 0.5) is 4.79 Å². The van der Waals surface area contributed by atoms with Gasteiger partial charge in [0.1, 0.15) is 5.60 Å². The number of nitrogens with zero attached hydrogens (tertiary/aromatic N) is 1. The number of ether oxygens (including phenoxy) is 3. The van der Waals surface area contributed by atoms with Crippen molar-refractivity contribution in [2.45, 2.75) is 39.2 Å². The number of hydrogen-bond donors (Lipinski definition) is 3. The molecule has 0 aliphatic carbocycles. The first-order valence-corrected chi connectivity index (χ1v) is 8.37. The third-order valence-electron chi connectivity index (χ3n) is 2.75. The topological polar surface area (TPSA) is 93.2 Å². The highest BCUT2D eigenvalue weighted by Crippen LogP contribution is 2.05. The minimum atomic E-state index is -0.484. The zero-order valence-electron chi connectivity index (χ0n) is 15.7. The summed E-state index contributed by atoms with van der Waals surface area (Å²) in [6.07, 6.45) is 1.55. The lowest BCUT2D eigenvalue weighted by atomic mass is 10.2. The van der Waals surface area contributed by atoms with Crippen molar-refractivity contribution < 1.29 is 19.0 Å². The maximum Gasteiger partial charge on any atom is 0.407 e. The molecule has 0 aromatic carbocycles. The number of aliphatic imine (C=N–C) groups is 1. The highest BCUT2D eigenvalue weighted by Gasteiger charge is 2.15. The monoisotopic (exact) mass is 346 g/mol. The molecule has 0 fully saturated rings. The lowest BCUT2D eigenvalue weighted by molar-refractivity contribution is 0.0529. The van der Waals surface area contributed by atoms with Crippen LogP contribution in [0.25, 0.3) is 0 Å². The fourth-order valence-electron chi connectivity index (χ4n) is 1.66. The summed E-state index contributed by atoms with van der Waals surface area (Å²) < 4.78 is 15.5. The van der Waals surface area contributed by atoms with Gasteiger partial charge in [0.2, 0.25) is 0 Å². The van der Waals surface area contributed by atoms with Crippen LogP contribution >= 0.6 is 0 Å². The number of carbonyl (C=O) groups is 1. The molecule has 0 atom stereocenters.